The first-order valence-electron chi connectivity index (χ1n) is 7.41. The van der Waals surface area contributed by atoms with E-state index in [1.54, 1.807) is 0 Å². The molecule has 2 aromatic rings. The molecule has 0 bridgehead atoms. The summed E-state index contributed by atoms with van der Waals surface area (Å²) in [5.74, 6) is 0.00102. The minimum Gasteiger partial charge on any atom is -0.345 e. The second kappa shape index (κ2) is 9.56. The van der Waals surface area contributed by atoms with Crippen molar-refractivity contribution in [1.29, 1.82) is 0 Å². The van der Waals surface area contributed by atoms with E-state index in [9.17, 15) is 4.79 Å². The van der Waals surface area contributed by atoms with Crippen LogP contribution in [-0.4, -0.2) is 11.9 Å². The van der Waals surface area contributed by atoms with E-state index in [0.29, 0.717) is 17.9 Å². The van der Waals surface area contributed by atoms with Crippen molar-refractivity contribution in [3.8, 4) is 0 Å². The Balaban J connectivity index is 0.00000264. The van der Waals surface area contributed by atoms with Gasteiger partial charge in [0.15, 0.2) is 0 Å². The largest absolute Gasteiger partial charge is 0.345 e. The van der Waals surface area contributed by atoms with Gasteiger partial charge in [-0.3, -0.25) is 4.79 Å². The maximum atomic E-state index is 12.2. The molecule has 3 N–H and O–H groups in total. The summed E-state index contributed by atoms with van der Waals surface area (Å²) in [4.78, 5) is 12.2. The van der Waals surface area contributed by atoms with Gasteiger partial charge in [-0.1, -0.05) is 54.1 Å². The van der Waals surface area contributed by atoms with Gasteiger partial charge in [0.25, 0.3) is 0 Å². The molecule has 0 radical (unpaired) electrons. The van der Waals surface area contributed by atoms with Crippen molar-refractivity contribution in [3.63, 3.8) is 0 Å². The van der Waals surface area contributed by atoms with Gasteiger partial charge in [-0.2, -0.15) is 0 Å². The van der Waals surface area contributed by atoms with Crippen LogP contribution in [0, 0.1) is 0 Å². The average molecular weight is 353 g/mol. The van der Waals surface area contributed by atoms with Crippen molar-refractivity contribution in [2.75, 3.05) is 0 Å². The van der Waals surface area contributed by atoms with Crippen LogP contribution in [0.5, 0.6) is 0 Å². The Hall–Kier alpha value is -1.55. The van der Waals surface area contributed by atoms with Gasteiger partial charge in [0, 0.05) is 17.5 Å². The van der Waals surface area contributed by atoms with E-state index >= 15 is 0 Å². The van der Waals surface area contributed by atoms with Gasteiger partial charge >= 0.3 is 0 Å². The van der Waals surface area contributed by atoms with E-state index in [-0.39, 0.29) is 30.4 Å². The molecule has 0 saturated heterocycles. The van der Waals surface area contributed by atoms with E-state index in [0.717, 1.165) is 11.1 Å². The van der Waals surface area contributed by atoms with Gasteiger partial charge < -0.3 is 11.1 Å². The molecular formula is C18H22Cl2N2O. The fraction of sp³-hybridized carbons (Fsp3) is 0.278. The Morgan fingerprint density at radius 1 is 1.09 bits per heavy atom. The summed E-state index contributed by atoms with van der Waals surface area (Å²) in [6.45, 7) is 1.90. The minimum atomic E-state index is -0.181. The molecule has 1 amide bonds. The van der Waals surface area contributed by atoms with E-state index < -0.39 is 0 Å². The summed E-state index contributed by atoms with van der Waals surface area (Å²) in [7, 11) is 0. The van der Waals surface area contributed by atoms with Crippen LogP contribution >= 0.6 is 24.0 Å². The van der Waals surface area contributed by atoms with Crippen LogP contribution in [0.25, 0.3) is 0 Å². The molecule has 0 aliphatic carbocycles. The molecule has 0 aromatic heterocycles. The SMILES string of the molecule is CC(N)CCC(=O)NC(c1ccccc1)c1ccc(Cl)cc1.Cl. The number of halogens is 2. The highest BCUT2D eigenvalue weighted by Crippen LogP contribution is 2.23. The van der Waals surface area contributed by atoms with Crippen molar-refractivity contribution in [1.82, 2.24) is 5.32 Å². The first kappa shape index (κ1) is 19.5. The number of rotatable bonds is 6. The topological polar surface area (TPSA) is 55.1 Å². The molecule has 5 heteroatoms. The molecule has 124 valence electrons. The van der Waals surface area contributed by atoms with E-state index in [1.165, 1.54) is 0 Å². The van der Waals surface area contributed by atoms with E-state index in [2.05, 4.69) is 5.32 Å². The van der Waals surface area contributed by atoms with Gasteiger partial charge in [-0.15, -0.1) is 12.4 Å². The zero-order valence-corrected chi connectivity index (χ0v) is 14.6. The molecule has 0 spiro atoms. The normalized spacial score (nSPS) is 12.8. The monoisotopic (exact) mass is 352 g/mol. The predicted octanol–water partition coefficient (Wildman–Crippen LogP) is 4.09. The Labute approximate surface area is 148 Å². The Bertz CT molecular complexity index is 600. The standard InChI is InChI=1S/C18H21ClN2O.ClH/c1-13(20)7-12-17(22)21-18(14-5-3-2-4-6-14)15-8-10-16(19)11-9-15;/h2-6,8-11,13,18H,7,12,20H2,1H3,(H,21,22);1H. The van der Waals surface area contributed by atoms with Crippen molar-refractivity contribution >= 4 is 29.9 Å². The fourth-order valence-electron chi connectivity index (χ4n) is 2.25. The van der Waals surface area contributed by atoms with Crippen LogP contribution in [0.15, 0.2) is 54.6 Å². The van der Waals surface area contributed by atoms with Crippen LogP contribution in [0.4, 0.5) is 0 Å². The third-order valence-corrected chi connectivity index (χ3v) is 3.72. The first-order chi connectivity index (χ1) is 10.6. The Morgan fingerprint density at radius 3 is 2.22 bits per heavy atom. The van der Waals surface area contributed by atoms with Crippen LogP contribution in [0.1, 0.15) is 36.9 Å². The van der Waals surface area contributed by atoms with Gasteiger partial charge in [0.2, 0.25) is 5.91 Å². The van der Waals surface area contributed by atoms with E-state index in [4.69, 9.17) is 17.3 Å². The molecule has 0 fully saturated rings. The highest BCUT2D eigenvalue weighted by atomic mass is 35.5. The lowest BCUT2D eigenvalue weighted by atomic mass is 9.98. The lowest BCUT2D eigenvalue weighted by molar-refractivity contribution is -0.121. The lowest BCUT2D eigenvalue weighted by Gasteiger charge is -2.20. The smallest absolute Gasteiger partial charge is 0.220 e. The molecule has 0 aliphatic rings. The number of hydrogen-bond acceptors (Lipinski definition) is 2. The van der Waals surface area contributed by atoms with Gasteiger partial charge in [-0.05, 0) is 36.6 Å². The maximum absolute atomic E-state index is 12.2. The number of benzene rings is 2. The number of carbonyl (C=O) groups is 1. The number of amides is 1. The summed E-state index contributed by atoms with van der Waals surface area (Å²) >= 11 is 5.95. The quantitative estimate of drug-likeness (QED) is 0.822. The summed E-state index contributed by atoms with van der Waals surface area (Å²) in [6.07, 6.45) is 1.10. The summed E-state index contributed by atoms with van der Waals surface area (Å²) in [6, 6.07) is 17.3. The van der Waals surface area contributed by atoms with Crippen LogP contribution < -0.4 is 11.1 Å². The molecule has 0 saturated carbocycles. The van der Waals surface area contributed by atoms with E-state index in [1.807, 2.05) is 61.5 Å². The second-order valence-electron chi connectivity index (χ2n) is 5.48. The van der Waals surface area contributed by atoms with Crippen LogP contribution in [0.2, 0.25) is 5.02 Å². The molecular weight excluding hydrogens is 331 g/mol. The fourth-order valence-corrected chi connectivity index (χ4v) is 2.38. The number of nitrogens with one attached hydrogen (secondary N) is 1. The molecule has 0 aliphatic heterocycles. The second-order valence-corrected chi connectivity index (χ2v) is 5.92. The van der Waals surface area contributed by atoms with Gasteiger partial charge in [0.05, 0.1) is 6.04 Å². The zero-order chi connectivity index (χ0) is 15.9. The average Bonchev–Trinajstić information content (AvgIpc) is 2.52. The summed E-state index contributed by atoms with van der Waals surface area (Å²) in [5.41, 5.74) is 7.76. The predicted molar refractivity (Wildman–Crippen MR) is 98.0 cm³/mol. The van der Waals surface area contributed by atoms with Gasteiger partial charge in [-0.25, -0.2) is 0 Å². The number of hydrogen-bond donors (Lipinski definition) is 2. The Morgan fingerprint density at radius 2 is 1.65 bits per heavy atom. The summed E-state index contributed by atoms with van der Waals surface area (Å²) < 4.78 is 0. The summed E-state index contributed by atoms with van der Waals surface area (Å²) in [5, 5.41) is 3.77. The number of nitrogens with two attached hydrogens (primary N) is 1. The minimum absolute atomic E-state index is 0. The van der Waals surface area contributed by atoms with Crippen molar-refractivity contribution in [2.45, 2.75) is 31.8 Å². The molecule has 2 rings (SSSR count). The third kappa shape index (κ3) is 6.22. The van der Waals surface area contributed by atoms with Crippen molar-refractivity contribution < 1.29 is 4.79 Å². The van der Waals surface area contributed by atoms with Crippen molar-refractivity contribution in [3.05, 3.63) is 70.7 Å². The maximum Gasteiger partial charge on any atom is 0.220 e. The highest BCUT2D eigenvalue weighted by molar-refractivity contribution is 6.30. The molecule has 2 atom stereocenters. The van der Waals surface area contributed by atoms with Crippen LogP contribution in [-0.2, 0) is 4.79 Å². The highest BCUT2D eigenvalue weighted by Gasteiger charge is 2.16. The lowest BCUT2D eigenvalue weighted by Crippen LogP contribution is -2.30. The number of carbonyl (C=O) groups excluding carboxylic acids is 1. The van der Waals surface area contributed by atoms with Crippen LogP contribution in [0.3, 0.4) is 0 Å². The molecule has 2 aromatic carbocycles. The Kier molecular flexibility index (Phi) is 8.10. The molecule has 3 nitrogen and oxygen atoms in total. The van der Waals surface area contributed by atoms with Crippen molar-refractivity contribution in [2.24, 2.45) is 5.73 Å². The zero-order valence-electron chi connectivity index (χ0n) is 13.0. The molecule has 0 heterocycles. The van der Waals surface area contributed by atoms with Gasteiger partial charge in [0.1, 0.15) is 0 Å². The molecule has 23 heavy (non-hydrogen) atoms. The molecule has 2 unspecified atom stereocenters. The third-order valence-electron chi connectivity index (χ3n) is 3.47. The first-order valence-corrected chi connectivity index (χ1v) is 7.79.